The zero-order chi connectivity index (χ0) is 17.0. The molecule has 1 N–H and O–H groups in total. The van der Waals surface area contributed by atoms with Crippen molar-refractivity contribution in [3.63, 3.8) is 0 Å². The summed E-state index contributed by atoms with van der Waals surface area (Å²) in [4.78, 5) is 25.0. The van der Waals surface area contributed by atoms with Crippen molar-refractivity contribution < 1.29 is 18.4 Å². The van der Waals surface area contributed by atoms with Crippen molar-refractivity contribution in [3.8, 4) is 0 Å². The Kier molecular flexibility index (Phi) is 5.05. The molecule has 2 rings (SSSR count). The largest absolute Gasteiger partial charge is 0.326 e. The minimum Gasteiger partial charge on any atom is -0.326 e. The maximum absolute atomic E-state index is 13.4. The van der Waals surface area contributed by atoms with Crippen molar-refractivity contribution in [3.05, 3.63) is 59.7 Å². The molecule has 0 aliphatic heterocycles. The highest BCUT2D eigenvalue weighted by atomic mass is 19.2. The minimum atomic E-state index is -1.01. The highest BCUT2D eigenvalue weighted by Gasteiger charge is 2.18. The van der Waals surface area contributed by atoms with Gasteiger partial charge >= 0.3 is 0 Å². The molecule has 6 heteroatoms. The predicted molar refractivity (Wildman–Crippen MR) is 84.5 cm³/mol. The first kappa shape index (κ1) is 16.6. The highest BCUT2D eigenvalue weighted by molar-refractivity contribution is 6.07. The maximum Gasteiger partial charge on any atom is 0.258 e. The van der Waals surface area contributed by atoms with Gasteiger partial charge in [0.25, 0.3) is 5.91 Å². The summed E-state index contributed by atoms with van der Waals surface area (Å²) in [6, 6.07) is 9.73. The van der Waals surface area contributed by atoms with Crippen molar-refractivity contribution >= 4 is 23.2 Å². The van der Waals surface area contributed by atoms with E-state index in [9.17, 15) is 18.4 Å². The van der Waals surface area contributed by atoms with E-state index in [4.69, 9.17) is 0 Å². The molecule has 0 aromatic heterocycles. The molecule has 0 atom stereocenters. The number of nitrogens with zero attached hydrogens (tertiary/aromatic N) is 1. The van der Waals surface area contributed by atoms with E-state index in [-0.39, 0.29) is 24.0 Å². The van der Waals surface area contributed by atoms with Crippen LogP contribution in [0.1, 0.15) is 24.2 Å². The van der Waals surface area contributed by atoms with Crippen LogP contribution in [0.3, 0.4) is 0 Å². The third-order valence-corrected chi connectivity index (χ3v) is 3.21. The molecule has 0 radical (unpaired) electrons. The van der Waals surface area contributed by atoms with Gasteiger partial charge in [0.15, 0.2) is 11.6 Å². The molecule has 2 aromatic carbocycles. The van der Waals surface area contributed by atoms with Gasteiger partial charge in [-0.3, -0.25) is 9.59 Å². The number of rotatable bonds is 4. The van der Waals surface area contributed by atoms with E-state index in [2.05, 4.69) is 5.32 Å². The van der Waals surface area contributed by atoms with Gasteiger partial charge in [0, 0.05) is 36.5 Å². The molecule has 0 saturated heterocycles. The fourth-order valence-electron chi connectivity index (χ4n) is 2.19. The van der Waals surface area contributed by atoms with Crippen LogP contribution in [-0.2, 0) is 4.79 Å². The molecule has 0 saturated carbocycles. The average Bonchev–Trinajstić information content (AvgIpc) is 2.51. The van der Waals surface area contributed by atoms with E-state index in [1.54, 1.807) is 25.1 Å². The zero-order valence-corrected chi connectivity index (χ0v) is 12.8. The SMILES string of the molecule is CCN(C(=O)c1cccc(NC(C)=O)c1)c1ccc(F)c(F)c1. The number of halogens is 2. The van der Waals surface area contributed by atoms with Crippen molar-refractivity contribution in [2.45, 2.75) is 13.8 Å². The molecule has 0 spiro atoms. The Hall–Kier alpha value is -2.76. The van der Waals surface area contributed by atoms with Gasteiger partial charge in [-0.25, -0.2) is 8.78 Å². The first-order valence-electron chi connectivity index (χ1n) is 7.07. The number of hydrogen-bond acceptors (Lipinski definition) is 2. The summed E-state index contributed by atoms with van der Waals surface area (Å²) in [5.41, 5.74) is 1.09. The third kappa shape index (κ3) is 3.91. The molecule has 0 aliphatic rings. The van der Waals surface area contributed by atoms with Gasteiger partial charge in [-0.05, 0) is 37.3 Å². The van der Waals surface area contributed by atoms with E-state index in [1.807, 2.05) is 0 Å². The smallest absolute Gasteiger partial charge is 0.258 e. The maximum atomic E-state index is 13.4. The van der Waals surface area contributed by atoms with Gasteiger partial charge in [0.05, 0.1) is 0 Å². The van der Waals surface area contributed by atoms with Crippen LogP contribution in [0, 0.1) is 11.6 Å². The summed E-state index contributed by atoms with van der Waals surface area (Å²) in [5, 5.41) is 2.59. The monoisotopic (exact) mass is 318 g/mol. The van der Waals surface area contributed by atoms with E-state index >= 15 is 0 Å². The van der Waals surface area contributed by atoms with Crippen LogP contribution in [0.4, 0.5) is 20.2 Å². The summed E-state index contributed by atoms with van der Waals surface area (Å²) in [6.07, 6.45) is 0. The van der Waals surface area contributed by atoms with Crippen LogP contribution < -0.4 is 10.2 Å². The number of carbonyl (C=O) groups excluding carboxylic acids is 2. The minimum absolute atomic E-state index is 0.248. The fraction of sp³-hybridized carbons (Fsp3) is 0.176. The molecule has 0 fully saturated rings. The standard InChI is InChI=1S/C17H16F2N2O2/c1-3-21(14-7-8-15(18)16(19)10-14)17(23)12-5-4-6-13(9-12)20-11(2)22/h4-10H,3H2,1-2H3,(H,20,22). The Morgan fingerprint density at radius 3 is 2.43 bits per heavy atom. The lowest BCUT2D eigenvalue weighted by atomic mass is 10.1. The Morgan fingerprint density at radius 1 is 1.09 bits per heavy atom. The Balaban J connectivity index is 2.32. The van der Waals surface area contributed by atoms with Gasteiger partial charge in [0.2, 0.25) is 5.91 Å². The molecule has 2 amide bonds. The third-order valence-electron chi connectivity index (χ3n) is 3.21. The van der Waals surface area contributed by atoms with Gasteiger partial charge in [-0.15, -0.1) is 0 Å². The lowest BCUT2D eigenvalue weighted by Gasteiger charge is -2.21. The lowest BCUT2D eigenvalue weighted by Crippen LogP contribution is -2.30. The first-order valence-corrected chi connectivity index (χ1v) is 7.07. The van der Waals surface area contributed by atoms with Gasteiger partial charge in [0.1, 0.15) is 0 Å². The number of amides is 2. The zero-order valence-electron chi connectivity index (χ0n) is 12.8. The molecule has 4 nitrogen and oxygen atoms in total. The Morgan fingerprint density at radius 2 is 1.83 bits per heavy atom. The summed E-state index contributed by atoms with van der Waals surface area (Å²) in [5.74, 6) is -2.60. The molecule has 0 bridgehead atoms. The summed E-state index contributed by atoms with van der Waals surface area (Å²) in [7, 11) is 0. The molecule has 0 aliphatic carbocycles. The average molecular weight is 318 g/mol. The summed E-state index contributed by atoms with van der Waals surface area (Å²) >= 11 is 0. The van der Waals surface area contributed by atoms with Crippen LogP contribution in [-0.4, -0.2) is 18.4 Å². The van der Waals surface area contributed by atoms with Crippen molar-refractivity contribution in [2.24, 2.45) is 0 Å². The quantitative estimate of drug-likeness (QED) is 0.936. The molecular weight excluding hydrogens is 302 g/mol. The molecule has 2 aromatic rings. The number of benzene rings is 2. The normalized spacial score (nSPS) is 10.3. The van der Waals surface area contributed by atoms with Gasteiger partial charge < -0.3 is 10.2 Å². The molecule has 23 heavy (non-hydrogen) atoms. The molecule has 0 unspecified atom stereocenters. The van der Waals surface area contributed by atoms with Crippen LogP contribution in [0.25, 0.3) is 0 Å². The van der Waals surface area contributed by atoms with E-state index in [1.165, 1.54) is 24.0 Å². The molecule has 0 heterocycles. The van der Waals surface area contributed by atoms with E-state index < -0.39 is 11.6 Å². The fourth-order valence-corrected chi connectivity index (χ4v) is 2.19. The Labute approximate surface area is 132 Å². The second kappa shape index (κ2) is 7.00. The number of hydrogen-bond donors (Lipinski definition) is 1. The second-order valence-corrected chi connectivity index (χ2v) is 4.91. The van der Waals surface area contributed by atoms with Crippen LogP contribution >= 0.6 is 0 Å². The first-order chi connectivity index (χ1) is 10.9. The topological polar surface area (TPSA) is 49.4 Å². The number of anilines is 2. The Bertz CT molecular complexity index is 747. The predicted octanol–water partition coefficient (Wildman–Crippen LogP) is 3.59. The molecule has 120 valence electrons. The summed E-state index contributed by atoms with van der Waals surface area (Å²) in [6.45, 7) is 3.39. The van der Waals surface area contributed by atoms with Crippen LogP contribution in [0.15, 0.2) is 42.5 Å². The lowest BCUT2D eigenvalue weighted by molar-refractivity contribution is -0.114. The molecular formula is C17H16F2N2O2. The van der Waals surface area contributed by atoms with Gasteiger partial charge in [-0.1, -0.05) is 6.07 Å². The van der Waals surface area contributed by atoms with E-state index in [0.717, 1.165) is 12.1 Å². The number of nitrogens with one attached hydrogen (secondary N) is 1. The summed E-state index contributed by atoms with van der Waals surface area (Å²) < 4.78 is 26.4. The second-order valence-electron chi connectivity index (χ2n) is 4.91. The van der Waals surface area contributed by atoms with Gasteiger partial charge in [-0.2, -0.15) is 0 Å². The van der Waals surface area contributed by atoms with E-state index in [0.29, 0.717) is 11.3 Å². The number of carbonyl (C=O) groups is 2. The van der Waals surface area contributed by atoms with Crippen LogP contribution in [0.2, 0.25) is 0 Å². The highest BCUT2D eigenvalue weighted by Crippen LogP contribution is 2.21. The van der Waals surface area contributed by atoms with Crippen molar-refractivity contribution in [2.75, 3.05) is 16.8 Å². The van der Waals surface area contributed by atoms with Crippen molar-refractivity contribution in [1.29, 1.82) is 0 Å². The van der Waals surface area contributed by atoms with Crippen molar-refractivity contribution in [1.82, 2.24) is 0 Å². The van der Waals surface area contributed by atoms with Crippen LogP contribution in [0.5, 0.6) is 0 Å².